The van der Waals surface area contributed by atoms with E-state index in [0.717, 1.165) is 75.6 Å². The SMILES string of the molecule is c1coc(CCNC(=NCC2CCCCC2)N2CCN(Cc3ccon3)CC2)c1. The molecule has 0 spiro atoms. The van der Waals surface area contributed by atoms with Crippen molar-refractivity contribution in [2.24, 2.45) is 10.9 Å². The van der Waals surface area contributed by atoms with Crippen LogP contribution in [0.3, 0.4) is 0 Å². The summed E-state index contributed by atoms with van der Waals surface area (Å²) in [4.78, 5) is 9.88. The van der Waals surface area contributed by atoms with Gasteiger partial charge in [-0.05, 0) is 30.9 Å². The predicted molar refractivity (Wildman–Crippen MR) is 113 cm³/mol. The predicted octanol–water partition coefficient (Wildman–Crippen LogP) is 3.15. The zero-order valence-electron chi connectivity index (χ0n) is 17.3. The van der Waals surface area contributed by atoms with E-state index in [1.807, 2.05) is 18.2 Å². The molecule has 2 aromatic rings. The topological polar surface area (TPSA) is 70.0 Å². The fraction of sp³-hybridized carbons (Fsp3) is 0.636. The molecule has 1 saturated carbocycles. The number of hydrogen-bond acceptors (Lipinski definition) is 5. The Hall–Kier alpha value is -2.28. The average molecular weight is 400 g/mol. The first-order valence-electron chi connectivity index (χ1n) is 11.0. The van der Waals surface area contributed by atoms with Crippen LogP contribution in [0.2, 0.25) is 0 Å². The Bertz CT molecular complexity index is 714. The molecule has 158 valence electrons. The van der Waals surface area contributed by atoms with E-state index < -0.39 is 0 Å². The van der Waals surface area contributed by atoms with Gasteiger partial charge in [-0.25, -0.2) is 0 Å². The quantitative estimate of drug-likeness (QED) is 0.570. The van der Waals surface area contributed by atoms with E-state index in [9.17, 15) is 0 Å². The number of furan rings is 1. The summed E-state index contributed by atoms with van der Waals surface area (Å²) >= 11 is 0. The highest BCUT2D eigenvalue weighted by Crippen LogP contribution is 2.23. The van der Waals surface area contributed by atoms with Crippen molar-refractivity contribution in [1.82, 2.24) is 20.3 Å². The molecule has 0 amide bonds. The highest BCUT2D eigenvalue weighted by molar-refractivity contribution is 5.80. The van der Waals surface area contributed by atoms with Crippen molar-refractivity contribution in [3.05, 3.63) is 42.2 Å². The normalized spacial score (nSPS) is 19.6. The first-order chi connectivity index (χ1) is 14.4. The van der Waals surface area contributed by atoms with Gasteiger partial charge in [0.25, 0.3) is 0 Å². The van der Waals surface area contributed by atoms with E-state index in [2.05, 4.69) is 20.3 Å². The van der Waals surface area contributed by atoms with Gasteiger partial charge < -0.3 is 19.2 Å². The van der Waals surface area contributed by atoms with Gasteiger partial charge >= 0.3 is 0 Å². The zero-order valence-corrected chi connectivity index (χ0v) is 17.3. The standard InChI is InChI=1S/C22H33N5O2/c1-2-5-19(6-3-1)17-24-22(23-10-8-21-7-4-15-28-21)27-13-11-26(12-14-27)18-20-9-16-29-25-20/h4,7,9,15-16,19H,1-3,5-6,8,10-14,17-18H2,(H,23,24). The van der Waals surface area contributed by atoms with Crippen molar-refractivity contribution in [2.45, 2.75) is 45.1 Å². The molecule has 0 unspecified atom stereocenters. The van der Waals surface area contributed by atoms with E-state index >= 15 is 0 Å². The molecule has 1 aliphatic carbocycles. The minimum Gasteiger partial charge on any atom is -0.469 e. The van der Waals surface area contributed by atoms with Crippen LogP contribution in [0.15, 0.2) is 44.7 Å². The molecule has 4 rings (SSSR count). The van der Waals surface area contributed by atoms with Gasteiger partial charge in [0, 0.05) is 58.3 Å². The van der Waals surface area contributed by atoms with Crippen molar-refractivity contribution < 1.29 is 8.94 Å². The van der Waals surface area contributed by atoms with Gasteiger partial charge in [-0.2, -0.15) is 0 Å². The molecular formula is C22H33N5O2. The Labute approximate surface area is 173 Å². The molecule has 29 heavy (non-hydrogen) atoms. The number of piperazine rings is 1. The lowest BCUT2D eigenvalue weighted by atomic mass is 9.89. The summed E-state index contributed by atoms with van der Waals surface area (Å²) in [5, 5.41) is 7.63. The number of nitrogens with one attached hydrogen (secondary N) is 1. The maximum Gasteiger partial charge on any atom is 0.194 e. The monoisotopic (exact) mass is 399 g/mol. The van der Waals surface area contributed by atoms with E-state index in [1.165, 1.54) is 32.1 Å². The minimum absolute atomic E-state index is 0.749. The van der Waals surface area contributed by atoms with E-state index in [4.69, 9.17) is 13.9 Å². The lowest BCUT2D eigenvalue weighted by Gasteiger charge is -2.36. The molecule has 1 saturated heterocycles. The van der Waals surface area contributed by atoms with Gasteiger partial charge in [0.05, 0.1) is 12.0 Å². The van der Waals surface area contributed by atoms with Crippen molar-refractivity contribution in [3.8, 4) is 0 Å². The summed E-state index contributed by atoms with van der Waals surface area (Å²) in [5.41, 5.74) is 1.00. The molecule has 3 heterocycles. The van der Waals surface area contributed by atoms with Crippen LogP contribution < -0.4 is 5.32 Å². The molecule has 2 aromatic heterocycles. The minimum atomic E-state index is 0.749. The van der Waals surface area contributed by atoms with Crippen LogP contribution in [-0.4, -0.2) is 60.2 Å². The zero-order chi connectivity index (χ0) is 19.7. The van der Waals surface area contributed by atoms with Gasteiger partial charge in [-0.15, -0.1) is 0 Å². The molecule has 0 aromatic carbocycles. The molecule has 1 N–H and O–H groups in total. The number of rotatable bonds is 7. The van der Waals surface area contributed by atoms with E-state index in [1.54, 1.807) is 12.5 Å². The largest absolute Gasteiger partial charge is 0.469 e. The van der Waals surface area contributed by atoms with Crippen LogP contribution in [0.1, 0.15) is 43.6 Å². The first-order valence-corrected chi connectivity index (χ1v) is 11.0. The van der Waals surface area contributed by atoms with Crippen LogP contribution in [0.4, 0.5) is 0 Å². The maximum atomic E-state index is 5.47. The first kappa shape index (κ1) is 20.0. The summed E-state index contributed by atoms with van der Waals surface area (Å²) in [7, 11) is 0. The second-order valence-electron chi connectivity index (χ2n) is 8.18. The molecule has 7 heteroatoms. The van der Waals surface area contributed by atoms with Gasteiger partial charge in [0.15, 0.2) is 5.96 Å². The second-order valence-corrected chi connectivity index (χ2v) is 8.18. The lowest BCUT2D eigenvalue weighted by Crippen LogP contribution is -2.52. The summed E-state index contributed by atoms with van der Waals surface area (Å²) in [6.07, 6.45) is 11.0. The highest BCUT2D eigenvalue weighted by atomic mass is 16.5. The van der Waals surface area contributed by atoms with E-state index in [-0.39, 0.29) is 0 Å². The summed E-state index contributed by atoms with van der Waals surface area (Å²) < 4.78 is 10.4. The fourth-order valence-electron chi connectivity index (χ4n) is 4.27. The Balaban J connectivity index is 1.31. The molecule has 0 radical (unpaired) electrons. The lowest BCUT2D eigenvalue weighted by molar-refractivity contribution is 0.168. The third-order valence-corrected chi connectivity index (χ3v) is 6.01. The molecule has 0 bridgehead atoms. The smallest absolute Gasteiger partial charge is 0.194 e. The second kappa shape index (κ2) is 10.5. The van der Waals surface area contributed by atoms with Crippen LogP contribution in [0.25, 0.3) is 0 Å². The van der Waals surface area contributed by atoms with Crippen LogP contribution in [-0.2, 0) is 13.0 Å². The number of nitrogens with zero attached hydrogens (tertiary/aromatic N) is 4. The molecule has 0 atom stereocenters. The number of aliphatic imine (C=N–C) groups is 1. The van der Waals surface area contributed by atoms with Crippen molar-refractivity contribution in [2.75, 3.05) is 39.3 Å². The average Bonchev–Trinajstić information content (AvgIpc) is 3.46. The molecule has 2 fully saturated rings. The fourth-order valence-corrected chi connectivity index (χ4v) is 4.27. The Kier molecular flexibility index (Phi) is 7.23. The van der Waals surface area contributed by atoms with Crippen molar-refractivity contribution in [1.29, 1.82) is 0 Å². The molecule has 1 aliphatic heterocycles. The molecular weight excluding hydrogens is 366 g/mol. The number of guanidine groups is 1. The molecule has 2 aliphatic rings. The van der Waals surface area contributed by atoms with Crippen molar-refractivity contribution in [3.63, 3.8) is 0 Å². The van der Waals surface area contributed by atoms with Gasteiger partial charge in [-0.1, -0.05) is 24.4 Å². The Morgan fingerprint density at radius 1 is 1.10 bits per heavy atom. The van der Waals surface area contributed by atoms with Gasteiger partial charge in [-0.3, -0.25) is 9.89 Å². The maximum absolute atomic E-state index is 5.47. The van der Waals surface area contributed by atoms with Gasteiger partial charge in [0.1, 0.15) is 12.0 Å². The van der Waals surface area contributed by atoms with Crippen LogP contribution >= 0.6 is 0 Å². The van der Waals surface area contributed by atoms with Gasteiger partial charge in [0.2, 0.25) is 0 Å². The Morgan fingerprint density at radius 3 is 2.69 bits per heavy atom. The molecule has 7 nitrogen and oxygen atoms in total. The number of hydrogen-bond donors (Lipinski definition) is 1. The van der Waals surface area contributed by atoms with Crippen LogP contribution in [0, 0.1) is 5.92 Å². The summed E-state index contributed by atoms with van der Waals surface area (Å²) in [6, 6.07) is 5.92. The van der Waals surface area contributed by atoms with Crippen LogP contribution in [0.5, 0.6) is 0 Å². The number of aromatic nitrogens is 1. The summed E-state index contributed by atoms with van der Waals surface area (Å²) in [5.74, 6) is 2.82. The summed E-state index contributed by atoms with van der Waals surface area (Å²) in [6.45, 7) is 6.62. The highest BCUT2D eigenvalue weighted by Gasteiger charge is 2.21. The van der Waals surface area contributed by atoms with Crippen molar-refractivity contribution >= 4 is 5.96 Å². The third-order valence-electron chi connectivity index (χ3n) is 6.01. The Morgan fingerprint density at radius 2 is 1.97 bits per heavy atom. The van der Waals surface area contributed by atoms with E-state index in [0.29, 0.717) is 0 Å². The third kappa shape index (κ3) is 6.10.